The van der Waals surface area contributed by atoms with Crippen LogP contribution in [0.25, 0.3) is 10.9 Å². The number of terminal acetylenes is 1. The van der Waals surface area contributed by atoms with Gasteiger partial charge >= 0.3 is 0 Å². The van der Waals surface area contributed by atoms with E-state index in [9.17, 15) is 0 Å². The zero-order chi connectivity index (χ0) is 11.2. The Hall–Kier alpha value is -1.52. The fourth-order valence-corrected chi connectivity index (χ4v) is 2.37. The fourth-order valence-electron chi connectivity index (χ4n) is 2.04. The summed E-state index contributed by atoms with van der Waals surface area (Å²) in [5.74, 6) is 2.85. The number of pyridine rings is 1. The number of rotatable bonds is 1. The first kappa shape index (κ1) is 9.69. The Morgan fingerprint density at radius 2 is 2.06 bits per heavy atom. The van der Waals surface area contributed by atoms with Crippen LogP contribution in [0.3, 0.4) is 0 Å². The number of halogens is 1. The maximum Gasteiger partial charge on any atom is 0.134 e. The van der Waals surface area contributed by atoms with Gasteiger partial charge in [0.1, 0.15) is 5.15 Å². The Kier molecular flexibility index (Phi) is 1.96. The largest absolute Gasteiger partial charge is 0.236 e. The molecular formula is C14H10ClN. The first-order valence-electron chi connectivity index (χ1n) is 5.29. The molecule has 1 heterocycles. The third-order valence-corrected chi connectivity index (χ3v) is 3.51. The molecule has 0 unspecified atom stereocenters. The molecule has 1 aliphatic carbocycles. The Bertz CT molecular complexity index is 606. The zero-order valence-corrected chi connectivity index (χ0v) is 9.46. The van der Waals surface area contributed by atoms with Crippen LogP contribution < -0.4 is 0 Å². The Morgan fingerprint density at radius 3 is 2.75 bits per heavy atom. The van der Waals surface area contributed by atoms with Gasteiger partial charge in [0.25, 0.3) is 0 Å². The van der Waals surface area contributed by atoms with Gasteiger partial charge in [-0.25, -0.2) is 4.98 Å². The summed E-state index contributed by atoms with van der Waals surface area (Å²) in [6.07, 6.45) is 7.61. The van der Waals surface area contributed by atoms with Crippen LogP contribution in [0.1, 0.15) is 18.4 Å². The number of benzene rings is 1. The first-order chi connectivity index (χ1) is 7.75. The molecule has 0 bridgehead atoms. The molecule has 0 N–H and O–H groups in total. The van der Waals surface area contributed by atoms with Crippen molar-refractivity contribution in [1.29, 1.82) is 0 Å². The monoisotopic (exact) mass is 227 g/mol. The van der Waals surface area contributed by atoms with Gasteiger partial charge < -0.3 is 0 Å². The van der Waals surface area contributed by atoms with E-state index in [1.54, 1.807) is 0 Å². The van der Waals surface area contributed by atoms with Crippen LogP contribution in [-0.4, -0.2) is 4.98 Å². The van der Waals surface area contributed by atoms with Crippen molar-refractivity contribution in [3.05, 3.63) is 41.0 Å². The van der Waals surface area contributed by atoms with E-state index >= 15 is 0 Å². The van der Waals surface area contributed by atoms with Crippen molar-refractivity contribution < 1.29 is 0 Å². The van der Waals surface area contributed by atoms with Gasteiger partial charge in [-0.15, -0.1) is 6.42 Å². The summed E-state index contributed by atoms with van der Waals surface area (Å²) in [7, 11) is 0. The van der Waals surface area contributed by atoms with Gasteiger partial charge in [0.2, 0.25) is 0 Å². The van der Waals surface area contributed by atoms with Crippen molar-refractivity contribution in [2.75, 3.05) is 0 Å². The molecule has 0 aliphatic heterocycles. The highest BCUT2D eigenvalue weighted by atomic mass is 35.5. The summed E-state index contributed by atoms with van der Waals surface area (Å²) in [6.45, 7) is 0. The molecule has 0 spiro atoms. The molecule has 1 aliphatic rings. The molecular weight excluding hydrogens is 218 g/mol. The third-order valence-electron chi connectivity index (χ3n) is 3.22. The SMILES string of the molecule is C#CC1(c2cc3ccccc3nc2Cl)CC1. The summed E-state index contributed by atoms with van der Waals surface area (Å²) in [5, 5.41) is 1.65. The van der Waals surface area contributed by atoms with Crippen molar-refractivity contribution in [3.8, 4) is 12.3 Å². The molecule has 0 saturated heterocycles. The van der Waals surface area contributed by atoms with Crippen molar-refractivity contribution in [3.63, 3.8) is 0 Å². The standard InChI is InChI=1S/C14H10ClN/c1-2-14(7-8-14)11-9-10-5-3-4-6-12(10)16-13(11)15/h1,3-6,9H,7-8H2. The Labute approximate surface area is 99.5 Å². The second-order valence-electron chi connectivity index (χ2n) is 4.25. The van der Waals surface area contributed by atoms with E-state index in [2.05, 4.69) is 17.0 Å². The normalized spacial score (nSPS) is 17.0. The Morgan fingerprint density at radius 1 is 1.31 bits per heavy atom. The highest BCUT2D eigenvalue weighted by molar-refractivity contribution is 6.30. The number of hydrogen-bond acceptors (Lipinski definition) is 1. The van der Waals surface area contributed by atoms with Crippen LogP contribution in [0.4, 0.5) is 0 Å². The van der Waals surface area contributed by atoms with E-state index < -0.39 is 0 Å². The molecule has 2 aromatic rings. The number of aromatic nitrogens is 1. The van der Waals surface area contributed by atoms with E-state index in [0.717, 1.165) is 29.3 Å². The maximum absolute atomic E-state index is 6.20. The molecule has 1 fully saturated rings. The summed E-state index contributed by atoms with van der Waals surface area (Å²) < 4.78 is 0. The van der Waals surface area contributed by atoms with Gasteiger partial charge in [-0.3, -0.25) is 0 Å². The number of nitrogens with zero attached hydrogens (tertiary/aromatic N) is 1. The van der Waals surface area contributed by atoms with E-state index in [0.29, 0.717) is 5.15 Å². The van der Waals surface area contributed by atoms with Crippen molar-refractivity contribution in [2.24, 2.45) is 0 Å². The van der Waals surface area contributed by atoms with Crippen LogP contribution in [0.15, 0.2) is 30.3 Å². The second-order valence-corrected chi connectivity index (χ2v) is 4.60. The molecule has 78 valence electrons. The topological polar surface area (TPSA) is 12.9 Å². The lowest BCUT2D eigenvalue weighted by Gasteiger charge is -2.10. The summed E-state index contributed by atoms with van der Waals surface area (Å²) in [6, 6.07) is 10.0. The van der Waals surface area contributed by atoms with E-state index in [1.165, 1.54) is 0 Å². The fraction of sp³-hybridized carbons (Fsp3) is 0.214. The van der Waals surface area contributed by atoms with Crippen LogP contribution in [-0.2, 0) is 5.41 Å². The van der Waals surface area contributed by atoms with Crippen LogP contribution in [0.2, 0.25) is 5.15 Å². The lowest BCUT2D eigenvalue weighted by Crippen LogP contribution is -2.04. The molecule has 0 atom stereocenters. The van der Waals surface area contributed by atoms with E-state index in [1.807, 2.05) is 24.3 Å². The molecule has 1 saturated carbocycles. The quantitative estimate of drug-likeness (QED) is 0.536. The summed E-state index contributed by atoms with van der Waals surface area (Å²) >= 11 is 6.20. The van der Waals surface area contributed by atoms with Gasteiger partial charge in [-0.1, -0.05) is 35.7 Å². The molecule has 1 nitrogen and oxygen atoms in total. The van der Waals surface area contributed by atoms with Crippen molar-refractivity contribution in [1.82, 2.24) is 4.98 Å². The summed E-state index contributed by atoms with van der Waals surface area (Å²) in [4.78, 5) is 4.40. The zero-order valence-electron chi connectivity index (χ0n) is 8.70. The average molecular weight is 228 g/mol. The molecule has 0 amide bonds. The molecule has 16 heavy (non-hydrogen) atoms. The number of fused-ring (bicyclic) bond motifs is 1. The lowest BCUT2D eigenvalue weighted by molar-refractivity contribution is 0.924. The second kappa shape index (κ2) is 3.23. The average Bonchev–Trinajstić information content (AvgIpc) is 3.09. The minimum Gasteiger partial charge on any atom is -0.236 e. The van der Waals surface area contributed by atoms with Crippen molar-refractivity contribution >= 4 is 22.5 Å². The number of para-hydroxylation sites is 1. The third kappa shape index (κ3) is 1.31. The van der Waals surface area contributed by atoms with Gasteiger partial charge in [-0.2, -0.15) is 0 Å². The predicted octanol–water partition coefficient (Wildman–Crippen LogP) is 3.55. The van der Waals surface area contributed by atoms with Gasteiger partial charge in [0, 0.05) is 10.9 Å². The van der Waals surface area contributed by atoms with Gasteiger partial charge in [-0.05, 0) is 25.0 Å². The highest BCUT2D eigenvalue weighted by Crippen LogP contribution is 2.49. The summed E-state index contributed by atoms with van der Waals surface area (Å²) in [5.41, 5.74) is 1.79. The number of hydrogen-bond donors (Lipinski definition) is 0. The van der Waals surface area contributed by atoms with Crippen LogP contribution in [0, 0.1) is 12.3 Å². The Balaban J connectivity index is 2.27. The van der Waals surface area contributed by atoms with Gasteiger partial charge in [0.15, 0.2) is 0 Å². The maximum atomic E-state index is 6.20. The van der Waals surface area contributed by atoms with E-state index in [4.69, 9.17) is 18.0 Å². The van der Waals surface area contributed by atoms with Gasteiger partial charge in [0.05, 0.1) is 10.9 Å². The molecule has 2 heteroatoms. The minimum absolute atomic E-state index is 0.145. The molecule has 1 aromatic carbocycles. The van der Waals surface area contributed by atoms with Crippen molar-refractivity contribution in [2.45, 2.75) is 18.3 Å². The first-order valence-corrected chi connectivity index (χ1v) is 5.66. The molecule has 3 rings (SSSR count). The van der Waals surface area contributed by atoms with E-state index in [-0.39, 0.29) is 5.41 Å². The lowest BCUT2D eigenvalue weighted by atomic mass is 9.97. The molecule has 1 aromatic heterocycles. The smallest absolute Gasteiger partial charge is 0.134 e. The van der Waals surface area contributed by atoms with Crippen LogP contribution >= 0.6 is 11.6 Å². The molecule has 0 radical (unpaired) electrons. The van der Waals surface area contributed by atoms with Crippen LogP contribution in [0.5, 0.6) is 0 Å². The minimum atomic E-state index is -0.145. The predicted molar refractivity (Wildman–Crippen MR) is 66.5 cm³/mol. The highest BCUT2D eigenvalue weighted by Gasteiger charge is 2.44.